The van der Waals surface area contributed by atoms with Crippen molar-refractivity contribution in [2.45, 2.75) is 25.7 Å². The van der Waals surface area contributed by atoms with Crippen molar-refractivity contribution >= 4 is 21.6 Å². The zero-order chi connectivity index (χ0) is 17.4. The maximum absolute atomic E-state index is 12.3. The van der Waals surface area contributed by atoms with E-state index in [-0.39, 0.29) is 40.4 Å². The van der Waals surface area contributed by atoms with Gasteiger partial charge in [-0.25, -0.2) is 17.2 Å². The Hall–Kier alpha value is -1.77. The van der Waals surface area contributed by atoms with Crippen LogP contribution in [0.5, 0.6) is 5.88 Å². The van der Waals surface area contributed by atoms with Crippen LogP contribution in [0, 0.1) is 11.3 Å². The minimum Gasteiger partial charge on any atom is -0.472 e. The summed E-state index contributed by atoms with van der Waals surface area (Å²) in [5, 5.41) is 2.66. The minimum absolute atomic E-state index is 0.0161. The lowest BCUT2D eigenvalue weighted by Crippen LogP contribution is -2.28. The van der Waals surface area contributed by atoms with Crippen LogP contribution >= 0.6 is 0 Å². The first-order chi connectivity index (χ1) is 11.3. The number of rotatable bonds is 5. The van der Waals surface area contributed by atoms with Gasteiger partial charge in [0.15, 0.2) is 6.61 Å². The number of hydrogen-bond donors (Lipinski definition) is 1. The Morgan fingerprint density at radius 1 is 1.38 bits per heavy atom. The van der Waals surface area contributed by atoms with E-state index in [1.165, 1.54) is 6.07 Å². The summed E-state index contributed by atoms with van der Waals surface area (Å²) in [4.78, 5) is 16.3. The molecule has 1 saturated heterocycles. The Bertz CT molecular complexity index is 725. The van der Waals surface area contributed by atoms with Crippen molar-refractivity contribution < 1.29 is 26.7 Å². The quantitative estimate of drug-likeness (QED) is 0.867. The molecule has 1 aromatic rings. The molecule has 0 radical (unpaired) electrons. The average Bonchev–Trinajstić information content (AvgIpc) is 3.24. The number of sulfone groups is 1. The lowest BCUT2D eigenvalue weighted by atomic mass is 9.96. The van der Waals surface area contributed by atoms with Crippen LogP contribution in [0.1, 0.15) is 19.3 Å². The van der Waals surface area contributed by atoms with Gasteiger partial charge in [-0.3, -0.25) is 4.79 Å². The molecule has 2 aliphatic rings. The normalized spacial score (nSPS) is 23.9. The Morgan fingerprint density at radius 2 is 2.08 bits per heavy atom. The highest BCUT2D eigenvalue weighted by atomic mass is 32.2. The maximum atomic E-state index is 12.3. The van der Waals surface area contributed by atoms with Gasteiger partial charge in [-0.05, 0) is 30.7 Å². The van der Waals surface area contributed by atoms with Crippen LogP contribution in [0.3, 0.4) is 0 Å². The fraction of sp³-hybridized carbons (Fsp3) is 0.600. The Labute approximate surface area is 138 Å². The van der Waals surface area contributed by atoms with E-state index >= 15 is 0 Å². The van der Waals surface area contributed by atoms with Gasteiger partial charge in [0, 0.05) is 12.0 Å². The van der Waals surface area contributed by atoms with Crippen LogP contribution in [0.25, 0.3) is 0 Å². The van der Waals surface area contributed by atoms with Crippen molar-refractivity contribution in [3.05, 3.63) is 18.2 Å². The van der Waals surface area contributed by atoms with Crippen LogP contribution in [-0.2, 0) is 14.6 Å². The predicted octanol–water partition coefficient (Wildman–Crippen LogP) is 1.88. The summed E-state index contributed by atoms with van der Waals surface area (Å²) in [5.41, 5.74) is -0.209. The molecule has 1 aliphatic carbocycles. The third-order valence-corrected chi connectivity index (χ3v) is 6.31. The van der Waals surface area contributed by atoms with E-state index in [4.69, 9.17) is 4.74 Å². The first kappa shape index (κ1) is 17.1. The first-order valence-corrected chi connectivity index (χ1v) is 9.51. The summed E-state index contributed by atoms with van der Waals surface area (Å²) in [7, 11) is -2.96. The van der Waals surface area contributed by atoms with Gasteiger partial charge < -0.3 is 10.1 Å². The molecule has 132 valence electrons. The molecule has 6 nitrogen and oxygen atoms in total. The SMILES string of the molecule is O=C(Nc1cccc(OCC(F)F)n1)C1CC12CCS(=O)(=O)CC2. The van der Waals surface area contributed by atoms with Crippen LogP contribution in [0.2, 0.25) is 0 Å². The molecule has 3 rings (SSSR count). The van der Waals surface area contributed by atoms with Gasteiger partial charge in [-0.1, -0.05) is 6.07 Å². The van der Waals surface area contributed by atoms with Crippen LogP contribution in [0.4, 0.5) is 14.6 Å². The van der Waals surface area contributed by atoms with Crippen LogP contribution in [-0.4, -0.2) is 43.8 Å². The van der Waals surface area contributed by atoms with E-state index in [2.05, 4.69) is 10.3 Å². The molecule has 1 unspecified atom stereocenters. The minimum atomic E-state index is -2.96. The zero-order valence-corrected chi connectivity index (χ0v) is 13.7. The molecule has 1 aromatic heterocycles. The summed E-state index contributed by atoms with van der Waals surface area (Å²) in [6, 6.07) is 4.54. The van der Waals surface area contributed by atoms with E-state index in [9.17, 15) is 22.0 Å². The largest absolute Gasteiger partial charge is 0.472 e. The molecule has 1 aliphatic heterocycles. The number of halogens is 2. The lowest BCUT2D eigenvalue weighted by Gasteiger charge is -2.22. The summed E-state index contributed by atoms with van der Waals surface area (Å²) in [6.07, 6.45) is -0.897. The van der Waals surface area contributed by atoms with Crippen LogP contribution < -0.4 is 10.1 Å². The number of anilines is 1. The molecule has 0 bridgehead atoms. The van der Waals surface area contributed by atoms with Crippen molar-refractivity contribution in [1.82, 2.24) is 4.98 Å². The Kier molecular flexibility index (Phi) is 4.46. The third-order valence-electron chi connectivity index (χ3n) is 4.66. The van der Waals surface area contributed by atoms with E-state index < -0.39 is 22.9 Å². The van der Waals surface area contributed by atoms with Gasteiger partial charge in [0.05, 0.1) is 11.5 Å². The second kappa shape index (κ2) is 6.27. The van der Waals surface area contributed by atoms with Gasteiger partial charge in [0.2, 0.25) is 11.8 Å². The first-order valence-electron chi connectivity index (χ1n) is 7.69. The molecular weight excluding hydrogens is 342 g/mol. The number of hydrogen-bond acceptors (Lipinski definition) is 5. The molecule has 9 heteroatoms. The highest BCUT2D eigenvalue weighted by Crippen LogP contribution is 2.60. The standard InChI is InChI=1S/C15H18F2N2O4S/c16-11(17)9-23-13-3-1-2-12(18-13)19-14(20)10-8-15(10)4-6-24(21,22)7-5-15/h1-3,10-11H,4-9H2,(H,18,19,20). The van der Waals surface area contributed by atoms with E-state index in [1.807, 2.05) is 0 Å². The number of aromatic nitrogens is 1. The van der Waals surface area contributed by atoms with Gasteiger partial charge in [-0.2, -0.15) is 4.98 Å². The van der Waals surface area contributed by atoms with E-state index in [0.717, 1.165) is 0 Å². The smallest absolute Gasteiger partial charge is 0.272 e. The monoisotopic (exact) mass is 360 g/mol. The Balaban J connectivity index is 1.57. The molecular formula is C15H18F2N2O4S. The second-order valence-electron chi connectivity index (χ2n) is 6.32. The van der Waals surface area contributed by atoms with E-state index in [0.29, 0.717) is 19.3 Å². The number of carbonyl (C=O) groups is 1. The summed E-state index contributed by atoms with van der Waals surface area (Å²) in [5.74, 6) is 0.0747. The van der Waals surface area contributed by atoms with Crippen molar-refractivity contribution in [3.8, 4) is 5.88 Å². The van der Waals surface area contributed by atoms with Crippen molar-refractivity contribution in [1.29, 1.82) is 0 Å². The van der Waals surface area contributed by atoms with Crippen molar-refractivity contribution in [3.63, 3.8) is 0 Å². The Morgan fingerprint density at radius 3 is 2.75 bits per heavy atom. The molecule has 2 heterocycles. The lowest BCUT2D eigenvalue weighted by molar-refractivity contribution is -0.118. The average molecular weight is 360 g/mol. The van der Waals surface area contributed by atoms with Gasteiger partial charge in [-0.15, -0.1) is 0 Å². The van der Waals surface area contributed by atoms with Gasteiger partial charge in [0.25, 0.3) is 6.43 Å². The zero-order valence-electron chi connectivity index (χ0n) is 12.9. The highest BCUT2D eigenvalue weighted by molar-refractivity contribution is 7.91. The summed E-state index contributed by atoms with van der Waals surface area (Å²) < 4.78 is 52.1. The summed E-state index contributed by atoms with van der Waals surface area (Å²) >= 11 is 0. The molecule has 1 N–H and O–H groups in total. The second-order valence-corrected chi connectivity index (χ2v) is 8.63. The molecule has 0 aromatic carbocycles. The molecule has 24 heavy (non-hydrogen) atoms. The van der Waals surface area contributed by atoms with Gasteiger partial charge in [0.1, 0.15) is 15.7 Å². The topological polar surface area (TPSA) is 85.4 Å². The summed E-state index contributed by atoms with van der Waals surface area (Å²) in [6.45, 7) is -0.759. The van der Waals surface area contributed by atoms with Gasteiger partial charge >= 0.3 is 0 Å². The van der Waals surface area contributed by atoms with Crippen molar-refractivity contribution in [2.75, 3.05) is 23.4 Å². The van der Waals surface area contributed by atoms with Crippen LogP contribution in [0.15, 0.2) is 18.2 Å². The molecule has 1 atom stereocenters. The number of amides is 1. The number of carbonyl (C=O) groups excluding carboxylic acids is 1. The molecule has 1 spiro atoms. The molecule has 1 saturated carbocycles. The predicted molar refractivity (Wildman–Crippen MR) is 82.8 cm³/mol. The number of pyridine rings is 1. The molecule has 2 fully saturated rings. The van der Waals surface area contributed by atoms with E-state index in [1.54, 1.807) is 12.1 Å². The fourth-order valence-corrected chi connectivity index (χ4v) is 4.78. The number of alkyl halides is 2. The number of nitrogens with zero attached hydrogens (tertiary/aromatic N) is 1. The number of nitrogens with one attached hydrogen (secondary N) is 1. The third kappa shape index (κ3) is 3.82. The van der Waals surface area contributed by atoms with Crippen molar-refractivity contribution in [2.24, 2.45) is 11.3 Å². The maximum Gasteiger partial charge on any atom is 0.272 e. The fourth-order valence-electron chi connectivity index (χ4n) is 3.14. The number of ether oxygens (including phenoxy) is 1. The highest BCUT2D eigenvalue weighted by Gasteiger charge is 2.59. The molecule has 1 amide bonds.